The summed E-state index contributed by atoms with van der Waals surface area (Å²) in [6, 6.07) is 8.61. The molecule has 0 fully saturated rings. The topological polar surface area (TPSA) is 102 Å². The lowest BCUT2D eigenvalue weighted by Gasteiger charge is -2.09. The molecule has 0 aliphatic carbocycles. The van der Waals surface area contributed by atoms with Crippen molar-refractivity contribution >= 4 is 11.6 Å². The van der Waals surface area contributed by atoms with E-state index in [1.165, 1.54) is 6.07 Å². The van der Waals surface area contributed by atoms with Gasteiger partial charge in [0, 0.05) is 23.5 Å². The highest BCUT2D eigenvalue weighted by molar-refractivity contribution is 5.68. The van der Waals surface area contributed by atoms with Crippen LogP contribution in [0.2, 0.25) is 0 Å². The number of hydrogen-bond donors (Lipinski definition) is 2. The molecule has 3 aromatic heterocycles. The Balaban J connectivity index is 1.56. The van der Waals surface area contributed by atoms with Crippen LogP contribution in [0.5, 0.6) is 5.88 Å². The van der Waals surface area contributed by atoms with E-state index in [-0.39, 0.29) is 11.8 Å². The molecule has 1 aromatic carbocycles. The van der Waals surface area contributed by atoms with Gasteiger partial charge in [0.2, 0.25) is 11.8 Å². The summed E-state index contributed by atoms with van der Waals surface area (Å²) in [5, 5.41) is 20.4. The van der Waals surface area contributed by atoms with Crippen LogP contribution >= 0.6 is 0 Å². The molecule has 4 aromatic rings. The number of aromatic nitrogens is 6. The number of anilines is 2. The van der Waals surface area contributed by atoms with Crippen LogP contribution in [0.4, 0.5) is 24.8 Å². The Morgan fingerprint density at radius 2 is 1.97 bits per heavy atom. The Bertz CT molecular complexity index is 1210. The monoisotopic (exact) mass is 427 g/mol. The normalized spacial score (nSPS) is 11.1. The molecule has 2 N–H and O–H groups in total. The van der Waals surface area contributed by atoms with Crippen molar-refractivity contribution in [2.24, 2.45) is 0 Å². The quantitative estimate of drug-likeness (QED) is 0.479. The summed E-state index contributed by atoms with van der Waals surface area (Å²) in [6.45, 7) is 2.27. The molecule has 0 bridgehead atoms. The molecule has 8 nitrogen and oxygen atoms in total. The first-order valence-electron chi connectivity index (χ1n) is 9.11. The van der Waals surface area contributed by atoms with E-state index >= 15 is 0 Å². The third-order valence-electron chi connectivity index (χ3n) is 4.30. The van der Waals surface area contributed by atoms with Gasteiger partial charge in [-0.2, -0.15) is 0 Å². The summed E-state index contributed by atoms with van der Waals surface area (Å²) in [5.41, 5.74) is 2.59. The summed E-state index contributed by atoms with van der Waals surface area (Å²) in [7, 11) is 0. The lowest BCUT2D eigenvalue weighted by molar-refractivity contribution is 0.140. The van der Waals surface area contributed by atoms with Gasteiger partial charge < -0.3 is 10.4 Å². The molecule has 0 spiro atoms. The van der Waals surface area contributed by atoms with Crippen molar-refractivity contribution in [3.8, 4) is 17.1 Å². The average Bonchev–Trinajstić information content (AvgIpc) is 3.19. The van der Waals surface area contributed by atoms with Gasteiger partial charge in [0.05, 0.1) is 18.9 Å². The van der Waals surface area contributed by atoms with E-state index in [1.807, 2.05) is 13.0 Å². The third-order valence-corrected chi connectivity index (χ3v) is 4.30. The second kappa shape index (κ2) is 8.38. The van der Waals surface area contributed by atoms with Crippen molar-refractivity contribution in [3.63, 3.8) is 0 Å². The van der Waals surface area contributed by atoms with Gasteiger partial charge >= 0.3 is 0 Å². The standard InChI is InChI=1S/C20H16F3N7O/c1-11-4-13(16-10-30(29-28-16)9-12-2-3-17(31)24-7-12)6-14(5-11)26-20-25-8-15(21)18(27-20)19(22)23/h2-8,10,19H,9H2,1H3,(H,24,31)(H,25,26,27). The minimum absolute atomic E-state index is 0.0615. The lowest BCUT2D eigenvalue weighted by Crippen LogP contribution is -2.03. The van der Waals surface area contributed by atoms with Crippen molar-refractivity contribution in [1.29, 1.82) is 0 Å². The first kappa shape index (κ1) is 20.3. The zero-order chi connectivity index (χ0) is 22.0. The van der Waals surface area contributed by atoms with Gasteiger partial charge in [0.15, 0.2) is 5.82 Å². The maximum Gasteiger partial charge on any atom is 0.283 e. The second-order valence-corrected chi connectivity index (χ2v) is 6.77. The molecule has 0 saturated carbocycles. The van der Waals surface area contributed by atoms with Gasteiger partial charge in [-0.1, -0.05) is 11.3 Å². The minimum Gasteiger partial charge on any atom is -0.493 e. The summed E-state index contributed by atoms with van der Waals surface area (Å²) in [4.78, 5) is 11.1. The largest absolute Gasteiger partial charge is 0.493 e. The van der Waals surface area contributed by atoms with Crippen LogP contribution in [-0.4, -0.2) is 35.1 Å². The Hall–Kier alpha value is -4.02. The van der Waals surface area contributed by atoms with Crippen molar-refractivity contribution in [2.75, 3.05) is 5.32 Å². The number of alkyl halides is 2. The summed E-state index contributed by atoms with van der Waals surface area (Å²) < 4.78 is 40.8. The maximum absolute atomic E-state index is 13.4. The summed E-state index contributed by atoms with van der Waals surface area (Å²) >= 11 is 0. The van der Waals surface area contributed by atoms with E-state index < -0.39 is 17.9 Å². The smallest absolute Gasteiger partial charge is 0.283 e. The van der Waals surface area contributed by atoms with Crippen LogP contribution in [0.3, 0.4) is 0 Å². The Morgan fingerprint density at radius 3 is 2.71 bits per heavy atom. The fourth-order valence-corrected chi connectivity index (χ4v) is 2.93. The highest BCUT2D eigenvalue weighted by Crippen LogP contribution is 2.26. The Labute approximate surface area is 174 Å². The van der Waals surface area contributed by atoms with Crippen molar-refractivity contribution in [2.45, 2.75) is 19.9 Å². The molecule has 0 aliphatic rings. The molecule has 0 unspecified atom stereocenters. The zero-order valence-electron chi connectivity index (χ0n) is 16.2. The molecule has 3 heterocycles. The van der Waals surface area contributed by atoms with Gasteiger partial charge in [0.1, 0.15) is 11.4 Å². The number of nitrogens with one attached hydrogen (secondary N) is 1. The fourth-order valence-electron chi connectivity index (χ4n) is 2.93. The molecule has 158 valence electrons. The lowest BCUT2D eigenvalue weighted by atomic mass is 10.1. The molecule has 31 heavy (non-hydrogen) atoms. The first-order valence-corrected chi connectivity index (χ1v) is 9.11. The minimum atomic E-state index is -3.05. The number of rotatable bonds is 6. The van der Waals surface area contributed by atoms with Crippen LogP contribution in [0.15, 0.2) is 48.9 Å². The number of halogens is 3. The van der Waals surface area contributed by atoms with Crippen LogP contribution in [0.25, 0.3) is 11.3 Å². The Kier molecular flexibility index (Phi) is 5.48. The van der Waals surface area contributed by atoms with E-state index in [1.54, 1.807) is 35.3 Å². The summed E-state index contributed by atoms with van der Waals surface area (Å²) in [5.74, 6) is -1.36. The van der Waals surface area contributed by atoms with Crippen LogP contribution in [-0.2, 0) is 6.54 Å². The van der Waals surface area contributed by atoms with Crippen molar-refractivity contribution < 1.29 is 18.3 Å². The van der Waals surface area contributed by atoms with Crippen molar-refractivity contribution in [1.82, 2.24) is 29.9 Å². The molecule has 0 radical (unpaired) electrons. The van der Waals surface area contributed by atoms with Gasteiger partial charge in [-0.25, -0.2) is 32.8 Å². The SMILES string of the molecule is Cc1cc(Nc2ncc(F)c(C(F)F)n2)cc(-c2cn(Cc3ccc(O)nc3)nn2)c1. The molecule has 0 amide bonds. The fraction of sp³-hybridized carbons (Fsp3) is 0.150. The van der Waals surface area contributed by atoms with E-state index in [0.29, 0.717) is 24.1 Å². The molecule has 0 aliphatic heterocycles. The molecule has 11 heteroatoms. The van der Waals surface area contributed by atoms with E-state index in [0.717, 1.165) is 16.7 Å². The van der Waals surface area contributed by atoms with Gasteiger partial charge in [0.25, 0.3) is 6.43 Å². The molecule has 4 rings (SSSR count). The highest BCUT2D eigenvalue weighted by Gasteiger charge is 2.17. The van der Waals surface area contributed by atoms with E-state index in [9.17, 15) is 18.3 Å². The molecule has 0 atom stereocenters. The van der Waals surface area contributed by atoms with E-state index in [2.05, 4.69) is 30.6 Å². The zero-order valence-corrected chi connectivity index (χ0v) is 16.2. The van der Waals surface area contributed by atoms with Crippen LogP contribution < -0.4 is 5.32 Å². The number of aryl methyl sites for hydroxylation is 1. The number of nitrogens with zero attached hydrogens (tertiary/aromatic N) is 6. The predicted octanol–water partition coefficient (Wildman–Crippen LogP) is 4.01. The van der Waals surface area contributed by atoms with Gasteiger partial charge in [-0.05, 0) is 36.2 Å². The number of benzene rings is 1. The average molecular weight is 427 g/mol. The van der Waals surface area contributed by atoms with Gasteiger partial charge in [-0.3, -0.25) is 0 Å². The molecular weight excluding hydrogens is 411 g/mol. The van der Waals surface area contributed by atoms with Crippen LogP contribution in [0, 0.1) is 12.7 Å². The number of pyridine rings is 1. The maximum atomic E-state index is 13.4. The van der Waals surface area contributed by atoms with Crippen molar-refractivity contribution in [3.05, 3.63) is 71.6 Å². The Morgan fingerprint density at radius 1 is 1.13 bits per heavy atom. The summed E-state index contributed by atoms with van der Waals surface area (Å²) in [6.07, 6.45) is 0.948. The third kappa shape index (κ3) is 4.77. The van der Waals surface area contributed by atoms with Crippen LogP contribution in [0.1, 0.15) is 23.2 Å². The van der Waals surface area contributed by atoms with E-state index in [4.69, 9.17) is 0 Å². The number of hydrogen-bond acceptors (Lipinski definition) is 7. The first-order chi connectivity index (χ1) is 14.9. The number of aromatic hydroxyl groups is 1. The predicted molar refractivity (Wildman–Crippen MR) is 105 cm³/mol. The highest BCUT2D eigenvalue weighted by atomic mass is 19.3. The second-order valence-electron chi connectivity index (χ2n) is 6.77. The molecule has 0 saturated heterocycles. The molecular formula is C20H16F3N7O. The van der Waals surface area contributed by atoms with Gasteiger partial charge in [-0.15, -0.1) is 5.10 Å².